The van der Waals surface area contributed by atoms with Crippen LogP contribution >= 0.6 is 0 Å². The molecule has 0 radical (unpaired) electrons. The van der Waals surface area contributed by atoms with Crippen LogP contribution in [0.4, 0.5) is 0 Å². The predicted molar refractivity (Wildman–Crippen MR) is 153 cm³/mol. The maximum Gasteiger partial charge on any atom is 0.303 e. The molecule has 5 saturated carbocycles. The zero-order chi connectivity index (χ0) is 28.8. The van der Waals surface area contributed by atoms with Crippen molar-refractivity contribution in [3.8, 4) is 0 Å². The molecule has 0 aromatic heterocycles. The lowest BCUT2D eigenvalue weighted by atomic mass is 9.41. The summed E-state index contributed by atoms with van der Waals surface area (Å²) >= 11 is 0. The highest BCUT2D eigenvalue weighted by molar-refractivity contribution is 5.66. The van der Waals surface area contributed by atoms with Gasteiger partial charge < -0.3 is 14.6 Å². The third-order valence-corrected chi connectivity index (χ3v) is 14.1. The van der Waals surface area contributed by atoms with Gasteiger partial charge in [0.1, 0.15) is 12.2 Å². The summed E-state index contributed by atoms with van der Waals surface area (Å²) in [6, 6.07) is 0. The van der Waals surface area contributed by atoms with Gasteiger partial charge in [0.15, 0.2) is 0 Å². The molecule has 5 rings (SSSR count). The first-order valence-corrected chi connectivity index (χ1v) is 16.0. The molecule has 5 fully saturated rings. The molecule has 0 aromatic rings. The minimum absolute atomic E-state index is 0.0474. The van der Waals surface area contributed by atoms with E-state index in [0.717, 1.165) is 18.8 Å². The van der Waals surface area contributed by atoms with Crippen molar-refractivity contribution in [3.05, 3.63) is 0 Å². The van der Waals surface area contributed by atoms with Crippen LogP contribution in [0.1, 0.15) is 133 Å². The highest BCUT2D eigenvalue weighted by Gasteiger charge is 2.82. The molecule has 0 amide bonds. The topological polar surface area (TPSA) is 72.8 Å². The van der Waals surface area contributed by atoms with E-state index in [1.165, 1.54) is 58.3 Å². The van der Waals surface area contributed by atoms with Crippen molar-refractivity contribution in [1.82, 2.24) is 0 Å². The van der Waals surface area contributed by atoms with Gasteiger partial charge in [0.05, 0.1) is 5.60 Å². The molecule has 0 heterocycles. The Bertz CT molecular complexity index is 996. The van der Waals surface area contributed by atoms with E-state index in [1.807, 2.05) is 0 Å². The van der Waals surface area contributed by atoms with Gasteiger partial charge in [-0.3, -0.25) is 9.59 Å². The lowest BCUT2D eigenvalue weighted by Crippen LogP contribution is -2.58. The average Bonchev–Trinajstić information content (AvgIpc) is 3.39. The zero-order valence-corrected chi connectivity index (χ0v) is 26.3. The summed E-state index contributed by atoms with van der Waals surface area (Å²) in [4.78, 5) is 23.6. The van der Waals surface area contributed by atoms with Crippen molar-refractivity contribution in [2.45, 2.75) is 151 Å². The third kappa shape index (κ3) is 4.16. The highest BCUT2D eigenvalue weighted by atomic mass is 16.6. The number of hydrogen-bond acceptors (Lipinski definition) is 5. The van der Waals surface area contributed by atoms with Crippen molar-refractivity contribution in [2.75, 3.05) is 0 Å². The molecule has 0 bridgehead atoms. The van der Waals surface area contributed by atoms with Crippen LogP contribution in [-0.4, -0.2) is 34.9 Å². The SMILES string of the molecule is CC(=O)O[C@H]1CC[C@]23C[C@]24CC[C@]2(C)[C@@H]([C@H](C)CC[C@@H](OC(C)=O)C(C)(C)O)CC[C@@]2(C)[C@@H]4CC[C@H]3C1(C)C. The van der Waals surface area contributed by atoms with Gasteiger partial charge in [-0.15, -0.1) is 0 Å². The molecule has 5 aliphatic rings. The molecule has 0 saturated heterocycles. The van der Waals surface area contributed by atoms with E-state index < -0.39 is 11.7 Å². The maximum absolute atomic E-state index is 11.9. The monoisotopic (exact) mass is 544 g/mol. The number of esters is 2. The van der Waals surface area contributed by atoms with Gasteiger partial charge in [0.25, 0.3) is 0 Å². The first-order valence-electron chi connectivity index (χ1n) is 16.0. The Hall–Kier alpha value is -1.10. The molecular formula is C34H56O5. The molecule has 0 aromatic carbocycles. The van der Waals surface area contributed by atoms with Crippen molar-refractivity contribution >= 4 is 11.9 Å². The molecule has 5 nitrogen and oxygen atoms in total. The van der Waals surface area contributed by atoms with Crippen molar-refractivity contribution in [1.29, 1.82) is 0 Å². The fraction of sp³-hybridized carbons (Fsp3) is 0.941. The van der Waals surface area contributed by atoms with Crippen LogP contribution in [0.15, 0.2) is 0 Å². The van der Waals surface area contributed by atoms with Crippen LogP contribution in [0.25, 0.3) is 0 Å². The summed E-state index contributed by atoms with van der Waals surface area (Å²) in [5.74, 6) is 2.22. The number of hydrogen-bond donors (Lipinski definition) is 1. The van der Waals surface area contributed by atoms with E-state index in [2.05, 4.69) is 34.6 Å². The largest absolute Gasteiger partial charge is 0.462 e. The maximum atomic E-state index is 11.9. The lowest BCUT2D eigenvalue weighted by molar-refractivity contribution is -0.181. The average molecular weight is 545 g/mol. The normalized spacial score (nSPS) is 45.6. The standard InChI is InChI=1S/C34H56O5/c1-21(10-13-28(30(6,7)37)39-23(3)36)24-14-16-32(9)26-12-11-25-29(4,5)27(38-22(2)35)15-17-33(25)20-34(26,33)19-18-31(24,32)8/h21,24-28,37H,10-20H2,1-9H3/t21-,24-,25+,26+,27+,28-,31-,32+,33-,34+/m1/s1. The number of aliphatic hydroxyl groups is 1. The third-order valence-electron chi connectivity index (χ3n) is 14.1. The summed E-state index contributed by atoms with van der Waals surface area (Å²) in [6.07, 6.45) is 12.8. The summed E-state index contributed by atoms with van der Waals surface area (Å²) in [6.45, 7) is 19.0. The predicted octanol–water partition coefficient (Wildman–Crippen LogP) is 7.48. The number of carbonyl (C=O) groups is 2. The quantitative estimate of drug-likeness (QED) is 0.336. The van der Waals surface area contributed by atoms with E-state index in [-0.39, 0.29) is 23.5 Å². The number of carbonyl (C=O) groups excluding carboxylic acids is 2. The Balaban J connectivity index is 1.33. The fourth-order valence-corrected chi connectivity index (χ4v) is 12.1. The summed E-state index contributed by atoms with van der Waals surface area (Å²) in [5.41, 5.74) is 0.649. The Morgan fingerprint density at radius 1 is 0.846 bits per heavy atom. The first-order chi connectivity index (χ1) is 17.9. The Morgan fingerprint density at radius 3 is 2.10 bits per heavy atom. The molecule has 5 heteroatoms. The van der Waals surface area contributed by atoms with Crippen molar-refractivity contribution in [3.63, 3.8) is 0 Å². The molecule has 5 aliphatic carbocycles. The second-order valence-electron chi connectivity index (χ2n) is 16.4. The van der Waals surface area contributed by atoms with Crippen LogP contribution in [-0.2, 0) is 19.1 Å². The number of ether oxygens (including phenoxy) is 2. The molecule has 10 atom stereocenters. The Labute approximate surface area is 237 Å². The van der Waals surface area contributed by atoms with Crippen molar-refractivity contribution < 1.29 is 24.2 Å². The fourth-order valence-electron chi connectivity index (χ4n) is 12.1. The van der Waals surface area contributed by atoms with Gasteiger partial charge in [0, 0.05) is 19.3 Å². The minimum atomic E-state index is -1.03. The summed E-state index contributed by atoms with van der Waals surface area (Å²) < 4.78 is 11.4. The van der Waals surface area contributed by atoms with Gasteiger partial charge in [0.2, 0.25) is 0 Å². The van der Waals surface area contributed by atoms with Gasteiger partial charge >= 0.3 is 11.9 Å². The van der Waals surface area contributed by atoms with E-state index in [0.29, 0.717) is 45.8 Å². The Kier molecular flexibility index (Phi) is 6.93. The van der Waals surface area contributed by atoms with E-state index >= 15 is 0 Å². The molecule has 39 heavy (non-hydrogen) atoms. The molecule has 2 spiro atoms. The molecule has 1 N–H and O–H groups in total. The second kappa shape index (κ2) is 9.20. The van der Waals surface area contributed by atoms with E-state index in [4.69, 9.17) is 9.47 Å². The molecular weight excluding hydrogens is 488 g/mol. The van der Waals surface area contributed by atoms with Crippen molar-refractivity contribution in [2.24, 2.45) is 50.7 Å². The number of fused-ring (bicyclic) bond motifs is 2. The van der Waals surface area contributed by atoms with Gasteiger partial charge in [-0.25, -0.2) is 0 Å². The van der Waals surface area contributed by atoms with E-state index in [9.17, 15) is 14.7 Å². The van der Waals surface area contributed by atoms with Crippen LogP contribution in [0.3, 0.4) is 0 Å². The molecule has 0 unspecified atom stereocenters. The zero-order valence-electron chi connectivity index (χ0n) is 26.3. The smallest absolute Gasteiger partial charge is 0.303 e. The molecule has 0 aliphatic heterocycles. The lowest BCUT2D eigenvalue weighted by Gasteiger charge is -2.63. The van der Waals surface area contributed by atoms with Crippen LogP contribution < -0.4 is 0 Å². The second-order valence-corrected chi connectivity index (χ2v) is 16.4. The van der Waals surface area contributed by atoms with Crippen LogP contribution in [0.2, 0.25) is 0 Å². The minimum Gasteiger partial charge on any atom is -0.462 e. The first kappa shape index (κ1) is 29.4. The van der Waals surface area contributed by atoms with Crippen LogP contribution in [0.5, 0.6) is 0 Å². The molecule has 222 valence electrons. The summed E-state index contributed by atoms with van der Waals surface area (Å²) in [5, 5.41) is 10.6. The van der Waals surface area contributed by atoms with Gasteiger partial charge in [-0.2, -0.15) is 0 Å². The van der Waals surface area contributed by atoms with Crippen LogP contribution in [0, 0.1) is 50.7 Å². The number of rotatable bonds is 7. The van der Waals surface area contributed by atoms with E-state index in [1.54, 1.807) is 20.8 Å². The summed E-state index contributed by atoms with van der Waals surface area (Å²) in [7, 11) is 0. The highest BCUT2D eigenvalue weighted by Crippen LogP contribution is 2.89. The Morgan fingerprint density at radius 2 is 1.49 bits per heavy atom. The van der Waals surface area contributed by atoms with Gasteiger partial charge in [-0.05, 0) is 130 Å². The van der Waals surface area contributed by atoms with Gasteiger partial charge in [-0.1, -0.05) is 34.6 Å².